The largest absolute Gasteiger partial charge is 0.467 e. The Morgan fingerprint density at radius 1 is 1.23 bits per heavy atom. The van der Waals surface area contributed by atoms with Gasteiger partial charge in [0.25, 0.3) is 0 Å². The minimum atomic E-state index is -0.456. The lowest BCUT2D eigenvalue weighted by Crippen LogP contribution is -2.42. The normalized spacial score (nSPS) is 20.2. The minimum Gasteiger partial charge on any atom is -0.467 e. The van der Waals surface area contributed by atoms with Gasteiger partial charge in [0.1, 0.15) is 11.8 Å². The van der Waals surface area contributed by atoms with Crippen LogP contribution in [0.25, 0.3) is 0 Å². The minimum absolute atomic E-state index is 0.0733. The van der Waals surface area contributed by atoms with Gasteiger partial charge < -0.3 is 20.0 Å². The van der Waals surface area contributed by atoms with E-state index in [4.69, 9.17) is 4.42 Å². The third-order valence-corrected chi connectivity index (χ3v) is 5.70. The molecule has 1 aliphatic carbocycles. The van der Waals surface area contributed by atoms with Gasteiger partial charge in [0, 0.05) is 24.2 Å². The van der Waals surface area contributed by atoms with E-state index < -0.39 is 6.04 Å². The molecular weight excluding hydrogens is 378 g/mol. The van der Waals surface area contributed by atoms with Crippen LogP contribution >= 0.6 is 0 Å². The molecule has 1 aromatic heterocycles. The van der Waals surface area contributed by atoms with Crippen LogP contribution in [0, 0.1) is 5.41 Å². The molecule has 0 spiro atoms. The van der Waals surface area contributed by atoms with Crippen molar-refractivity contribution in [2.45, 2.75) is 46.1 Å². The van der Waals surface area contributed by atoms with Crippen molar-refractivity contribution in [1.29, 1.82) is 0 Å². The van der Waals surface area contributed by atoms with Gasteiger partial charge in [-0.25, -0.2) is 0 Å². The second-order valence-corrected chi connectivity index (χ2v) is 8.87. The number of ketones is 1. The Labute approximate surface area is 177 Å². The molecule has 30 heavy (non-hydrogen) atoms. The molecule has 6 heteroatoms. The number of allylic oxidation sites excluding steroid dienone is 1. The Hall–Kier alpha value is -3.02. The second-order valence-electron chi connectivity index (χ2n) is 8.87. The summed E-state index contributed by atoms with van der Waals surface area (Å²) in [6.45, 7) is 7.02. The van der Waals surface area contributed by atoms with Crippen molar-refractivity contribution in [1.82, 2.24) is 5.32 Å². The van der Waals surface area contributed by atoms with Crippen molar-refractivity contribution in [3.8, 4) is 0 Å². The summed E-state index contributed by atoms with van der Waals surface area (Å²) >= 11 is 0. The van der Waals surface area contributed by atoms with E-state index in [-0.39, 0.29) is 23.7 Å². The zero-order valence-electron chi connectivity index (χ0n) is 17.8. The quantitative estimate of drug-likeness (QED) is 0.767. The molecule has 1 amide bonds. The summed E-state index contributed by atoms with van der Waals surface area (Å²) < 4.78 is 5.80. The first-order chi connectivity index (χ1) is 14.4. The van der Waals surface area contributed by atoms with Crippen LogP contribution in [0.2, 0.25) is 0 Å². The van der Waals surface area contributed by atoms with Crippen LogP contribution in [0.4, 0.5) is 11.4 Å². The lowest BCUT2D eigenvalue weighted by atomic mass is 9.74. The van der Waals surface area contributed by atoms with Crippen molar-refractivity contribution in [2.24, 2.45) is 5.41 Å². The topological polar surface area (TPSA) is 74.6 Å². The van der Waals surface area contributed by atoms with E-state index in [1.165, 1.54) is 0 Å². The van der Waals surface area contributed by atoms with Crippen LogP contribution in [-0.4, -0.2) is 24.8 Å². The molecule has 0 fully saturated rings. The van der Waals surface area contributed by atoms with Crippen molar-refractivity contribution >= 4 is 23.1 Å². The van der Waals surface area contributed by atoms with E-state index in [0.717, 1.165) is 29.9 Å². The van der Waals surface area contributed by atoms with E-state index in [9.17, 15) is 9.59 Å². The fourth-order valence-electron chi connectivity index (χ4n) is 4.44. The monoisotopic (exact) mass is 407 g/mol. The number of hydrogen-bond acceptors (Lipinski definition) is 5. The Morgan fingerprint density at radius 3 is 2.77 bits per heavy atom. The highest BCUT2D eigenvalue weighted by atomic mass is 16.3. The number of rotatable bonds is 5. The fraction of sp³-hybridized carbons (Fsp3) is 0.417. The molecule has 1 aromatic carbocycles. The number of nitrogens with zero attached hydrogens (tertiary/aromatic N) is 1. The number of Topliss-reactive ketones (excluding diaryl/α,β-unsaturated/α-hetero) is 1. The molecule has 2 heterocycles. The maximum atomic E-state index is 13.4. The molecule has 2 N–H and O–H groups in total. The number of fused-ring (bicyclic) bond motifs is 1. The average molecular weight is 408 g/mol. The molecular formula is C24H29N3O3. The van der Waals surface area contributed by atoms with Crippen LogP contribution < -0.4 is 15.5 Å². The fourth-order valence-corrected chi connectivity index (χ4v) is 4.44. The van der Waals surface area contributed by atoms with Crippen molar-refractivity contribution in [3.63, 3.8) is 0 Å². The summed E-state index contributed by atoms with van der Waals surface area (Å²) in [5, 5.41) is 6.49. The molecule has 0 radical (unpaired) electrons. The smallest absolute Gasteiger partial charge is 0.239 e. The Kier molecular flexibility index (Phi) is 5.41. The third kappa shape index (κ3) is 3.86. The van der Waals surface area contributed by atoms with Crippen LogP contribution in [0.1, 0.15) is 51.8 Å². The van der Waals surface area contributed by atoms with Crippen molar-refractivity contribution < 1.29 is 14.0 Å². The predicted molar refractivity (Wildman–Crippen MR) is 117 cm³/mol. The molecule has 0 bridgehead atoms. The van der Waals surface area contributed by atoms with E-state index in [1.807, 2.05) is 48.2 Å². The zero-order valence-corrected chi connectivity index (χ0v) is 17.8. The van der Waals surface area contributed by atoms with Gasteiger partial charge in [-0.1, -0.05) is 32.9 Å². The first-order valence-electron chi connectivity index (χ1n) is 10.6. The molecule has 0 unspecified atom stereocenters. The number of furan rings is 1. The van der Waals surface area contributed by atoms with Crippen LogP contribution in [-0.2, 0) is 9.59 Å². The lowest BCUT2D eigenvalue weighted by Gasteiger charge is -2.36. The van der Waals surface area contributed by atoms with Crippen LogP contribution in [0.5, 0.6) is 0 Å². The highest BCUT2D eigenvalue weighted by molar-refractivity contribution is 6.01. The number of benzene rings is 1. The summed E-state index contributed by atoms with van der Waals surface area (Å²) in [7, 11) is 0. The van der Waals surface area contributed by atoms with Gasteiger partial charge in [0.2, 0.25) is 5.91 Å². The number of anilines is 2. The second kappa shape index (κ2) is 8.01. The SMILES string of the molecule is CCCNC(=O)CN1c2ccccc2NC2=C(C(=O)CC(C)(C)C2)[C@H]1c1ccco1. The first-order valence-corrected chi connectivity index (χ1v) is 10.6. The molecule has 158 valence electrons. The molecule has 0 saturated heterocycles. The van der Waals surface area contributed by atoms with E-state index in [2.05, 4.69) is 24.5 Å². The number of hydrogen-bond donors (Lipinski definition) is 2. The van der Waals surface area contributed by atoms with Crippen LogP contribution in [0.15, 0.2) is 58.3 Å². The number of carbonyl (C=O) groups is 2. The Balaban J connectivity index is 1.87. The summed E-state index contributed by atoms with van der Waals surface area (Å²) in [6, 6.07) is 11.1. The molecule has 2 aliphatic rings. The lowest BCUT2D eigenvalue weighted by molar-refractivity contribution is -0.120. The molecule has 1 atom stereocenters. The number of carbonyl (C=O) groups excluding carboxylic acids is 2. The predicted octanol–water partition coefficient (Wildman–Crippen LogP) is 4.42. The number of para-hydroxylation sites is 2. The van der Waals surface area contributed by atoms with E-state index in [0.29, 0.717) is 24.3 Å². The standard InChI is InChI=1S/C24H29N3O3/c1-4-11-25-21(29)15-27-18-9-6-5-8-16(18)26-17-13-24(2,3)14-19(28)22(17)23(27)20-10-7-12-30-20/h5-10,12,23,26H,4,11,13-15H2,1-3H3,(H,25,29)/t23-/m1/s1. The van der Waals surface area contributed by atoms with Gasteiger partial charge >= 0.3 is 0 Å². The van der Waals surface area contributed by atoms with Gasteiger partial charge in [-0.15, -0.1) is 0 Å². The summed E-state index contributed by atoms with van der Waals surface area (Å²) in [5.41, 5.74) is 3.27. The maximum absolute atomic E-state index is 13.4. The number of amides is 1. The maximum Gasteiger partial charge on any atom is 0.239 e. The van der Waals surface area contributed by atoms with Crippen molar-refractivity contribution in [3.05, 3.63) is 59.7 Å². The Bertz CT molecular complexity index is 975. The summed E-state index contributed by atoms with van der Waals surface area (Å²) in [6.07, 6.45) is 3.72. The molecule has 0 saturated carbocycles. The van der Waals surface area contributed by atoms with Crippen LogP contribution in [0.3, 0.4) is 0 Å². The molecule has 2 aromatic rings. The number of nitrogens with one attached hydrogen (secondary N) is 2. The molecule has 4 rings (SSSR count). The van der Waals surface area contributed by atoms with Gasteiger partial charge in [-0.05, 0) is 42.5 Å². The molecule has 6 nitrogen and oxygen atoms in total. The highest BCUT2D eigenvalue weighted by Gasteiger charge is 2.42. The summed E-state index contributed by atoms with van der Waals surface area (Å²) in [5.74, 6) is 0.690. The molecule has 1 aliphatic heterocycles. The van der Waals surface area contributed by atoms with Crippen molar-refractivity contribution in [2.75, 3.05) is 23.3 Å². The van der Waals surface area contributed by atoms with Gasteiger partial charge in [-0.2, -0.15) is 0 Å². The zero-order chi connectivity index (χ0) is 21.3. The average Bonchev–Trinajstić information content (AvgIpc) is 3.17. The van der Waals surface area contributed by atoms with Gasteiger partial charge in [0.05, 0.1) is 24.2 Å². The van der Waals surface area contributed by atoms with Gasteiger partial charge in [0.15, 0.2) is 5.78 Å². The third-order valence-electron chi connectivity index (χ3n) is 5.70. The Morgan fingerprint density at radius 2 is 2.03 bits per heavy atom. The first kappa shape index (κ1) is 20.3. The van der Waals surface area contributed by atoms with E-state index >= 15 is 0 Å². The highest BCUT2D eigenvalue weighted by Crippen LogP contribution is 2.48. The van der Waals surface area contributed by atoms with E-state index in [1.54, 1.807) is 6.26 Å². The summed E-state index contributed by atoms with van der Waals surface area (Å²) in [4.78, 5) is 28.1. The van der Waals surface area contributed by atoms with Gasteiger partial charge in [-0.3, -0.25) is 9.59 Å².